The van der Waals surface area contributed by atoms with Crippen LogP contribution in [0.2, 0.25) is 0 Å². The number of fused-ring (bicyclic) bond motifs is 1. The molecule has 0 spiro atoms. The van der Waals surface area contributed by atoms with Crippen LogP contribution in [0.4, 0.5) is 0 Å². The summed E-state index contributed by atoms with van der Waals surface area (Å²) < 4.78 is 1.80. The molecule has 1 aromatic rings. The summed E-state index contributed by atoms with van der Waals surface area (Å²) >= 11 is 0. The third-order valence-corrected chi connectivity index (χ3v) is 2.90. The number of aromatic nitrogens is 2. The molecule has 1 aliphatic heterocycles. The second-order valence-corrected chi connectivity index (χ2v) is 4.30. The molecule has 4 heteroatoms. The number of aryl methyl sites for hydroxylation is 1. The quantitative estimate of drug-likeness (QED) is 0.760. The number of rotatable bonds is 2. The second kappa shape index (κ2) is 4.14. The van der Waals surface area contributed by atoms with Gasteiger partial charge >= 0.3 is 0 Å². The predicted octanol–water partition coefficient (Wildman–Crippen LogP) is 0.327. The SMILES string of the molecule is CC1CCc2nc(CCN)cc(=O)n2C1. The van der Waals surface area contributed by atoms with Gasteiger partial charge in [-0.2, -0.15) is 0 Å². The third kappa shape index (κ3) is 2.09. The zero-order chi connectivity index (χ0) is 10.8. The Morgan fingerprint density at radius 1 is 1.67 bits per heavy atom. The molecule has 0 saturated heterocycles. The highest BCUT2D eigenvalue weighted by Gasteiger charge is 2.17. The molecule has 0 amide bonds. The first-order chi connectivity index (χ1) is 7.20. The number of nitrogens with zero attached hydrogens (tertiary/aromatic N) is 2. The van der Waals surface area contributed by atoms with E-state index in [2.05, 4.69) is 11.9 Å². The Bertz CT molecular complexity index is 411. The molecule has 0 aromatic carbocycles. The van der Waals surface area contributed by atoms with E-state index in [-0.39, 0.29) is 5.56 Å². The van der Waals surface area contributed by atoms with Crippen molar-refractivity contribution in [1.29, 1.82) is 0 Å². The second-order valence-electron chi connectivity index (χ2n) is 4.30. The van der Waals surface area contributed by atoms with Crippen molar-refractivity contribution >= 4 is 0 Å². The Kier molecular flexibility index (Phi) is 2.86. The molecule has 1 aliphatic rings. The van der Waals surface area contributed by atoms with Crippen molar-refractivity contribution in [3.63, 3.8) is 0 Å². The fourth-order valence-corrected chi connectivity index (χ4v) is 2.05. The van der Waals surface area contributed by atoms with Crippen LogP contribution in [0.25, 0.3) is 0 Å². The lowest BCUT2D eigenvalue weighted by Crippen LogP contribution is -2.32. The Labute approximate surface area is 89.1 Å². The molecule has 1 aromatic heterocycles. The van der Waals surface area contributed by atoms with E-state index in [1.165, 1.54) is 0 Å². The van der Waals surface area contributed by atoms with Crippen LogP contribution in [-0.2, 0) is 19.4 Å². The van der Waals surface area contributed by atoms with E-state index in [9.17, 15) is 4.79 Å². The predicted molar refractivity (Wildman–Crippen MR) is 58.7 cm³/mol. The van der Waals surface area contributed by atoms with Crippen LogP contribution in [0.3, 0.4) is 0 Å². The van der Waals surface area contributed by atoms with Crippen molar-refractivity contribution in [2.24, 2.45) is 11.7 Å². The van der Waals surface area contributed by atoms with Crippen molar-refractivity contribution in [2.45, 2.75) is 32.7 Å². The summed E-state index contributed by atoms with van der Waals surface area (Å²) in [6.45, 7) is 3.53. The van der Waals surface area contributed by atoms with E-state index in [4.69, 9.17) is 5.73 Å². The van der Waals surface area contributed by atoms with Gasteiger partial charge in [-0.15, -0.1) is 0 Å². The Hall–Kier alpha value is -1.16. The van der Waals surface area contributed by atoms with Gasteiger partial charge in [-0.3, -0.25) is 9.36 Å². The minimum atomic E-state index is 0.0787. The molecule has 0 bridgehead atoms. The van der Waals surface area contributed by atoms with E-state index in [0.717, 1.165) is 30.9 Å². The first kappa shape index (κ1) is 10.4. The molecule has 1 unspecified atom stereocenters. The standard InChI is InChI=1S/C11H17N3O/c1-8-2-3-10-13-9(4-5-12)6-11(15)14(10)7-8/h6,8H,2-5,7,12H2,1H3. The minimum absolute atomic E-state index is 0.0787. The smallest absolute Gasteiger partial charge is 0.253 e. The molecule has 2 heterocycles. The largest absolute Gasteiger partial charge is 0.330 e. The van der Waals surface area contributed by atoms with Gasteiger partial charge in [0, 0.05) is 31.1 Å². The number of hydrogen-bond donors (Lipinski definition) is 1. The van der Waals surface area contributed by atoms with Gasteiger partial charge in [0.2, 0.25) is 0 Å². The Morgan fingerprint density at radius 2 is 2.47 bits per heavy atom. The highest BCUT2D eigenvalue weighted by molar-refractivity contribution is 5.07. The molecule has 82 valence electrons. The van der Waals surface area contributed by atoms with E-state index in [1.54, 1.807) is 10.6 Å². The summed E-state index contributed by atoms with van der Waals surface area (Å²) in [4.78, 5) is 16.3. The minimum Gasteiger partial charge on any atom is -0.330 e. The summed E-state index contributed by atoms with van der Waals surface area (Å²) in [5.74, 6) is 1.52. The molecule has 0 fully saturated rings. The summed E-state index contributed by atoms with van der Waals surface area (Å²) in [5, 5.41) is 0. The van der Waals surface area contributed by atoms with Crippen LogP contribution in [-0.4, -0.2) is 16.1 Å². The average molecular weight is 207 g/mol. The lowest BCUT2D eigenvalue weighted by Gasteiger charge is -2.22. The van der Waals surface area contributed by atoms with Gasteiger partial charge in [-0.25, -0.2) is 4.98 Å². The molecule has 0 aliphatic carbocycles. The van der Waals surface area contributed by atoms with E-state index in [0.29, 0.717) is 18.9 Å². The van der Waals surface area contributed by atoms with E-state index < -0.39 is 0 Å². The lowest BCUT2D eigenvalue weighted by molar-refractivity contribution is 0.377. The highest BCUT2D eigenvalue weighted by Crippen LogP contribution is 2.16. The highest BCUT2D eigenvalue weighted by atomic mass is 16.1. The number of hydrogen-bond acceptors (Lipinski definition) is 3. The zero-order valence-electron chi connectivity index (χ0n) is 9.07. The van der Waals surface area contributed by atoms with Crippen LogP contribution in [0.15, 0.2) is 10.9 Å². The van der Waals surface area contributed by atoms with Gasteiger partial charge in [0.15, 0.2) is 0 Å². The maximum atomic E-state index is 11.8. The fourth-order valence-electron chi connectivity index (χ4n) is 2.05. The van der Waals surface area contributed by atoms with Crippen LogP contribution >= 0.6 is 0 Å². The average Bonchev–Trinajstić information content (AvgIpc) is 2.20. The summed E-state index contributed by atoms with van der Waals surface area (Å²) in [7, 11) is 0. The Balaban J connectivity index is 2.39. The summed E-state index contributed by atoms with van der Waals surface area (Å²) in [6.07, 6.45) is 2.73. The zero-order valence-corrected chi connectivity index (χ0v) is 9.07. The molecule has 15 heavy (non-hydrogen) atoms. The van der Waals surface area contributed by atoms with Gasteiger partial charge in [-0.1, -0.05) is 6.92 Å². The van der Waals surface area contributed by atoms with Gasteiger partial charge in [-0.05, 0) is 18.9 Å². The molecule has 1 atom stereocenters. The van der Waals surface area contributed by atoms with Crippen LogP contribution in [0.1, 0.15) is 24.9 Å². The number of nitrogens with two attached hydrogens (primary N) is 1. The first-order valence-electron chi connectivity index (χ1n) is 5.50. The molecule has 2 rings (SSSR count). The molecule has 4 nitrogen and oxygen atoms in total. The maximum Gasteiger partial charge on any atom is 0.253 e. The molecular weight excluding hydrogens is 190 g/mol. The van der Waals surface area contributed by atoms with E-state index in [1.807, 2.05) is 0 Å². The monoisotopic (exact) mass is 207 g/mol. The van der Waals surface area contributed by atoms with Gasteiger partial charge < -0.3 is 5.73 Å². The third-order valence-electron chi connectivity index (χ3n) is 2.90. The van der Waals surface area contributed by atoms with Gasteiger partial charge in [0.05, 0.1) is 0 Å². The van der Waals surface area contributed by atoms with Crippen molar-refractivity contribution in [1.82, 2.24) is 9.55 Å². The van der Waals surface area contributed by atoms with Crippen LogP contribution in [0, 0.1) is 5.92 Å². The van der Waals surface area contributed by atoms with Gasteiger partial charge in [0.1, 0.15) is 5.82 Å². The van der Waals surface area contributed by atoms with Crippen LogP contribution < -0.4 is 11.3 Å². The first-order valence-corrected chi connectivity index (χ1v) is 5.50. The van der Waals surface area contributed by atoms with Crippen molar-refractivity contribution in [3.05, 3.63) is 27.9 Å². The molecule has 0 saturated carbocycles. The van der Waals surface area contributed by atoms with Crippen LogP contribution in [0.5, 0.6) is 0 Å². The molecule has 0 radical (unpaired) electrons. The maximum absolute atomic E-state index is 11.8. The summed E-state index contributed by atoms with van der Waals surface area (Å²) in [5.41, 5.74) is 6.37. The van der Waals surface area contributed by atoms with Crippen molar-refractivity contribution in [3.8, 4) is 0 Å². The van der Waals surface area contributed by atoms with Gasteiger partial charge in [0.25, 0.3) is 5.56 Å². The Morgan fingerprint density at radius 3 is 3.20 bits per heavy atom. The topological polar surface area (TPSA) is 60.9 Å². The fraction of sp³-hybridized carbons (Fsp3) is 0.636. The van der Waals surface area contributed by atoms with E-state index >= 15 is 0 Å². The lowest BCUT2D eigenvalue weighted by atomic mass is 10.0. The summed E-state index contributed by atoms with van der Waals surface area (Å²) in [6, 6.07) is 1.62. The van der Waals surface area contributed by atoms with Crippen molar-refractivity contribution in [2.75, 3.05) is 6.54 Å². The molecule has 2 N–H and O–H groups in total. The normalized spacial score (nSPS) is 20.0. The van der Waals surface area contributed by atoms with Crippen molar-refractivity contribution < 1.29 is 0 Å². The molecular formula is C11H17N3O.